The Bertz CT molecular complexity index is 361. The van der Waals surface area contributed by atoms with Crippen LogP contribution in [0.1, 0.15) is 71.6 Å². The normalized spacial score (nSPS) is 9.92. The number of aliphatic carboxylic acids is 2. The number of hydrogen-bond donors (Lipinski definition) is 4. The van der Waals surface area contributed by atoms with Crippen molar-refractivity contribution in [3.05, 3.63) is 12.7 Å². The molecule has 0 heterocycles. The van der Waals surface area contributed by atoms with Crippen LogP contribution in [0.25, 0.3) is 0 Å². The lowest BCUT2D eigenvalue weighted by atomic mass is 10.1. The first-order valence-electron chi connectivity index (χ1n) is 8.56. The summed E-state index contributed by atoms with van der Waals surface area (Å²) in [4.78, 5) is 18.0. The molecule has 0 aromatic carbocycles. The lowest BCUT2D eigenvalue weighted by Gasteiger charge is -2.00. The van der Waals surface area contributed by atoms with Gasteiger partial charge in [-0.2, -0.15) is 0 Å². The molecule has 0 aliphatic carbocycles. The molecule has 0 aromatic rings. The molecule has 4 N–H and O–H groups in total. The number of carboxylic acid groups (broad SMARTS) is 2. The minimum atomic E-state index is -0.833. The van der Waals surface area contributed by atoms with Crippen molar-refractivity contribution < 1.29 is 30.0 Å². The van der Waals surface area contributed by atoms with Gasteiger partial charge in [0.25, 0.3) is 11.9 Å². The summed E-state index contributed by atoms with van der Waals surface area (Å²) in [5.41, 5.74) is 0. The zero-order valence-electron chi connectivity index (χ0n) is 15.5. The molecule has 6 nitrogen and oxygen atoms in total. The summed E-state index contributed by atoms with van der Waals surface area (Å²) in [5, 5.41) is 32.5. The minimum absolute atomic E-state index is 0.329. The second kappa shape index (κ2) is 24.4. The smallest absolute Gasteiger partial charge is 0.300 e. The van der Waals surface area contributed by atoms with Gasteiger partial charge in [-0.15, -0.1) is 5.92 Å². The topological polar surface area (TPSA) is 115 Å². The molecular weight excluding hydrogens is 324 g/mol. The molecule has 0 rings (SSSR count). The number of unbranched alkanes of at least 4 members (excludes halogenated alkanes) is 8. The van der Waals surface area contributed by atoms with E-state index in [1.165, 1.54) is 38.2 Å². The fourth-order valence-electron chi connectivity index (χ4n) is 1.62. The molecular formula is C19H34O6. The Balaban J connectivity index is -0.000000503. The standard InChI is InChI=1S/C15H26O2.2C2H4O2/c1-2-15(17)13-11-9-7-5-3-4-6-8-10-12-14-16;2*1-2(3)4/h2,15-17H,1,3-10,12,14H2;2*1H3,(H,3,4). The second-order valence-corrected chi connectivity index (χ2v) is 5.34. The van der Waals surface area contributed by atoms with Gasteiger partial charge in [-0.25, -0.2) is 0 Å². The fraction of sp³-hybridized carbons (Fsp3) is 0.684. The van der Waals surface area contributed by atoms with Crippen molar-refractivity contribution in [3.8, 4) is 11.8 Å². The lowest BCUT2D eigenvalue weighted by Crippen LogP contribution is -1.94. The third-order valence-corrected chi connectivity index (χ3v) is 2.68. The van der Waals surface area contributed by atoms with Crippen LogP contribution in [0.5, 0.6) is 0 Å². The summed E-state index contributed by atoms with van der Waals surface area (Å²) in [6.07, 6.45) is 11.2. The van der Waals surface area contributed by atoms with Crippen LogP contribution in [-0.4, -0.2) is 45.1 Å². The van der Waals surface area contributed by atoms with E-state index in [1.54, 1.807) is 0 Å². The monoisotopic (exact) mass is 358 g/mol. The number of aliphatic hydroxyl groups is 2. The molecule has 0 aliphatic rings. The maximum Gasteiger partial charge on any atom is 0.300 e. The van der Waals surface area contributed by atoms with E-state index in [-0.39, 0.29) is 0 Å². The average molecular weight is 358 g/mol. The molecule has 25 heavy (non-hydrogen) atoms. The predicted octanol–water partition coefficient (Wildman–Crippen LogP) is 3.22. The number of rotatable bonds is 10. The second-order valence-electron chi connectivity index (χ2n) is 5.34. The third kappa shape index (κ3) is 52.0. The zero-order valence-corrected chi connectivity index (χ0v) is 15.5. The van der Waals surface area contributed by atoms with Crippen molar-refractivity contribution in [2.45, 2.75) is 77.7 Å². The molecule has 146 valence electrons. The fourth-order valence-corrected chi connectivity index (χ4v) is 1.62. The largest absolute Gasteiger partial charge is 0.481 e. The number of aliphatic hydroxyl groups excluding tert-OH is 2. The van der Waals surface area contributed by atoms with Gasteiger partial charge in [0, 0.05) is 26.9 Å². The minimum Gasteiger partial charge on any atom is -0.481 e. The van der Waals surface area contributed by atoms with E-state index < -0.39 is 18.0 Å². The van der Waals surface area contributed by atoms with Gasteiger partial charge in [-0.3, -0.25) is 9.59 Å². The van der Waals surface area contributed by atoms with Crippen LogP contribution in [0.3, 0.4) is 0 Å². The third-order valence-electron chi connectivity index (χ3n) is 2.68. The Morgan fingerprint density at radius 3 is 1.64 bits per heavy atom. The molecule has 0 saturated carbocycles. The van der Waals surface area contributed by atoms with E-state index in [2.05, 4.69) is 18.4 Å². The van der Waals surface area contributed by atoms with E-state index in [0.717, 1.165) is 39.5 Å². The number of carboxylic acids is 2. The zero-order chi connectivity index (χ0) is 19.9. The Hall–Kier alpha value is -1.84. The van der Waals surface area contributed by atoms with Crippen molar-refractivity contribution >= 4 is 11.9 Å². The molecule has 0 aromatic heterocycles. The quantitative estimate of drug-likeness (QED) is 0.271. The highest BCUT2D eigenvalue weighted by Crippen LogP contribution is 2.09. The molecule has 0 amide bonds. The van der Waals surface area contributed by atoms with E-state index in [9.17, 15) is 0 Å². The molecule has 0 aliphatic heterocycles. The summed E-state index contributed by atoms with van der Waals surface area (Å²) in [6, 6.07) is 0. The Labute approximate surface area is 151 Å². The van der Waals surface area contributed by atoms with E-state index in [1.807, 2.05) is 0 Å². The lowest BCUT2D eigenvalue weighted by molar-refractivity contribution is -0.135. The van der Waals surface area contributed by atoms with Crippen LogP contribution in [0.4, 0.5) is 0 Å². The van der Waals surface area contributed by atoms with Gasteiger partial charge in [0.15, 0.2) is 0 Å². The highest BCUT2D eigenvalue weighted by molar-refractivity contribution is 5.63. The van der Waals surface area contributed by atoms with Gasteiger partial charge in [0.05, 0.1) is 0 Å². The van der Waals surface area contributed by atoms with Crippen molar-refractivity contribution in [1.29, 1.82) is 0 Å². The summed E-state index contributed by atoms with van der Waals surface area (Å²) in [7, 11) is 0. The number of hydrogen-bond acceptors (Lipinski definition) is 4. The molecule has 1 atom stereocenters. The van der Waals surface area contributed by atoms with Crippen LogP contribution in [-0.2, 0) is 9.59 Å². The maximum atomic E-state index is 9.09. The molecule has 0 radical (unpaired) electrons. The molecule has 1 unspecified atom stereocenters. The SMILES string of the molecule is C=CC(O)C#CCCCCCCCCCCO.CC(=O)O.CC(=O)O. The summed E-state index contributed by atoms with van der Waals surface area (Å²) in [6.45, 7) is 5.96. The molecule has 0 bridgehead atoms. The van der Waals surface area contributed by atoms with Gasteiger partial charge in [-0.1, -0.05) is 57.1 Å². The van der Waals surface area contributed by atoms with Gasteiger partial charge in [0.2, 0.25) is 0 Å². The summed E-state index contributed by atoms with van der Waals surface area (Å²) >= 11 is 0. The highest BCUT2D eigenvalue weighted by atomic mass is 16.4. The Morgan fingerprint density at radius 2 is 1.28 bits per heavy atom. The van der Waals surface area contributed by atoms with Crippen LogP contribution in [0.2, 0.25) is 0 Å². The average Bonchev–Trinajstić information content (AvgIpc) is 2.51. The van der Waals surface area contributed by atoms with Crippen LogP contribution in [0, 0.1) is 11.8 Å². The van der Waals surface area contributed by atoms with Crippen molar-refractivity contribution in [1.82, 2.24) is 0 Å². The molecule has 0 spiro atoms. The predicted molar refractivity (Wildman–Crippen MR) is 99.2 cm³/mol. The van der Waals surface area contributed by atoms with Crippen LogP contribution >= 0.6 is 0 Å². The number of carbonyl (C=O) groups is 2. The molecule has 6 heteroatoms. The van der Waals surface area contributed by atoms with Gasteiger partial charge >= 0.3 is 0 Å². The van der Waals surface area contributed by atoms with E-state index in [4.69, 9.17) is 30.0 Å². The van der Waals surface area contributed by atoms with Crippen molar-refractivity contribution in [2.24, 2.45) is 0 Å². The molecule has 0 fully saturated rings. The van der Waals surface area contributed by atoms with Crippen molar-refractivity contribution in [2.75, 3.05) is 6.61 Å². The summed E-state index contributed by atoms with van der Waals surface area (Å²) < 4.78 is 0. The van der Waals surface area contributed by atoms with Gasteiger partial charge in [-0.05, 0) is 12.8 Å². The van der Waals surface area contributed by atoms with Gasteiger partial charge in [0.1, 0.15) is 6.10 Å². The Morgan fingerprint density at radius 1 is 0.920 bits per heavy atom. The van der Waals surface area contributed by atoms with Crippen LogP contribution in [0.15, 0.2) is 12.7 Å². The first-order valence-corrected chi connectivity index (χ1v) is 8.56. The van der Waals surface area contributed by atoms with Crippen LogP contribution < -0.4 is 0 Å². The first-order chi connectivity index (χ1) is 11.8. The summed E-state index contributed by atoms with van der Waals surface area (Å²) in [5.74, 6) is 4.01. The first kappa shape index (κ1) is 28.0. The maximum absolute atomic E-state index is 9.09. The van der Waals surface area contributed by atoms with E-state index >= 15 is 0 Å². The van der Waals surface area contributed by atoms with Gasteiger partial charge < -0.3 is 20.4 Å². The molecule has 0 saturated heterocycles. The highest BCUT2D eigenvalue weighted by Gasteiger charge is 1.91. The van der Waals surface area contributed by atoms with E-state index in [0.29, 0.717) is 6.61 Å². The van der Waals surface area contributed by atoms with Crippen molar-refractivity contribution in [3.63, 3.8) is 0 Å². The Kier molecular flexibility index (Phi) is 27.3.